The number of anilines is 2. The molecule has 8 nitrogen and oxygen atoms in total. The Morgan fingerprint density at radius 1 is 1.33 bits per heavy atom. The largest absolute Gasteiger partial charge is 0.369 e. The maximum absolute atomic E-state index is 13.0. The van der Waals surface area contributed by atoms with Gasteiger partial charge in [-0.3, -0.25) is 9.48 Å². The molecule has 3 aromatic heterocycles. The summed E-state index contributed by atoms with van der Waals surface area (Å²) in [5.74, 6) is -0.234. The number of halogens is 2. The van der Waals surface area contributed by atoms with Gasteiger partial charge >= 0.3 is 0 Å². The van der Waals surface area contributed by atoms with Gasteiger partial charge in [-0.1, -0.05) is 23.7 Å². The number of aromatic amines is 1. The van der Waals surface area contributed by atoms with Crippen LogP contribution in [-0.2, 0) is 6.54 Å². The molecule has 10 heteroatoms. The van der Waals surface area contributed by atoms with E-state index >= 15 is 0 Å². The first-order valence-electron chi connectivity index (χ1n) is 10.7. The molecule has 1 aromatic carbocycles. The summed E-state index contributed by atoms with van der Waals surface area (Å²) in [7, 11) is 0. The molecule has 0 bridgehead atoms. The van der Waals surface area contributed by atoms with Gasteiger partial charge in [-0.15, -0.1) is 0 Å². The molecule has 1 aliphatic rings. The van der Waals surface area contributed by atoms with Gasteiger partial charge in [-0.25, -0.2) is 4.98 Å². The van der Waals surface area contributed by atoms with Crippen molar-refractivity contribution in [2.75, 3.05) is 23.3 Å². The summed E-state index contributed by atoms with van der Waals surface area (Å²) in [5, 5.41) is 8.91. The predicted octanol–water partition coefficient (Wildman–Crippen LogP) is 4.40. The fourth-order valence-corrected chi connectivity index (χ4v) is 4.72. The van der Waals surface area contributed by atoms with Crippen LogP contribution in [-0.4, -0.2) is 44.8 Å². The van der Waals surface area contributed by atoms with Crippen molar-refractivity contribution < 1.29 is 4.79 Å². The van der Waals surface area contributed by atoms with Crippen LogP contribution < -0.4 is 16.0 Å². The second-order valence-electron chi connectivity index (χ2n) is 8.25. The van der Waals surface area contributed by atoms with E-state index in [1.165, 1.54) is 0 Å². The number of carbonyl (C=O) groups is 1. The van der Waals surface area contributed by atoms with Gasteiger partial charge in [0.05, 0.1) is 35.1 Å². The molecule has 1 atom stereocenters. The maximum Gasteiger partial charge on any atom is 0.258 e. The lowest BCUT2D eigenvalue weighted by atomic mass is 10.1. The molecule has 0 saturated carbocycles. The van der Waals surface area contributed by atoms with E-state index < -0.39 is 0 Å². The van der Waals surface area contributed by atoms with Crippen LogP contribution in [0.1, 0.15) is 28.8 Å². The van der Waals surface area contributed by atoms with E-state index in [1.54, 1.807) is 23.3 Å². The van der Waals surface area contributed by atoms with Crippen LogP contribution in [0.15, 0.2) is 53.5 Å². The molecule has 4 heterocycles. The second kappa shape index (κ2) is 9.17. The number of nitrogens with zero attached hydrogens (tertiary/aromatic N) is 4. The monoisotopic (exact) mass is 527 g/mol. The Balaban J connectivity index is 1.38. The Morgan fingerprint density at radius 2 is 2.15 bits per heavy atom. The first-order valence-corrected chi connectivity index (χ1v) is 11.9. The number of nitrogens with two attached hydrogens (primary N) is 1. The van der Waals surface area contributed by atoms with Crippen LogP contribution in [0.4, 0.5) is 11.4 Å². The molecule has 33 heavy (non-hydrogen) atoms. The Kier molecular flexibility index (Phi) is 6.09. The van der Waals surface area contributed by atoms with Gasteiger partial charge in [0.25, 0.3) is 5.91 Å². The zero-order valence-electron chi connectivity index (χ0n) is 17.8. The Hall–Kier alpha value is -2.88. The average molecular weight is 529 g/mol. The fraction of sp³-hybridized carbons (Fsp3) is 0.261. The van der Waals surface area contributed by atoms with Crippen LogP contribution >= 0.6 is 27.5 Å². The Morgan fingerprint density at radius 3 is 2.94 bits per heavy atom. The van der Waals surface area contributed by atoms with E-state index in [-0.39, 0.29) is 11.9 Å². The fourth-order valence-electron chi connectivity index (χ4n) is 4.20. The Bertz CT molecular complexity index is 1300. The summed E-state index contributed by atoms with van der Waals surface area (Å²) in [4.78, 5) is 23.0. The van der Waals surface area contributed by atoms with Gasteiger partial charge in [0, 0.05) is 36.5 Å². The van der Waals surface area contributed by atoms with Crippen molar-refractivity contribution in [3.63, 3.8) is 0 Å². The molecule has 170 valence electrons. The van der Waals surface area contributed by atoms with Crippen molar-refractivity contribution >= 4 is 55.8 Å². The zero-order chi connectivity index (χ0) is 22.9. The highest BCUT2D eigenvalue weighted by atomic mass is 79.9. The van der Waals surface area contributed by atoms with E-state index in [2.05, 4.69) is 41.2 Å². The lowest BCUT2D eigenvalue weighted by Crippen LogP contribution is -2.43. The van der Waals surface area contributed by atoms with Crippen LogP contribution in [0, 0.1) is 0 Å². The van der Waals surface area contributed by atoms with Crippen molar-refractivity contribution in [3.05, 3.63) is 69.7 Å². The van der Waals surface area contributed by atoms with Crippen LogP contribution in [0.25, 0.3) is 11.0 Å². The normalized spacial score (nSPS) is 16.3. The lowest BCUT2D eigenvalue weighted by molar-refractivity contribution is 0.102. The predicted molar refractivity (Wildman–Crippen MR) is 134 cm³/mol. The first kappa shape index (κ1) is 21.9. The van der Waals surface area contributed by atoms with Crippen molar-refractivity contribution in [2.24, 2.45) is 5.73 Å². The van der Waals surface area contributed by atoms with Crippen molar-refractivity contribution in [1.82, 2.24) is 19.7 Å². The number of aromatic nitrogens is 4. The van der Waals surface area contributed by atoms with E-state index in [4.69, 9.17) is 17.3 Å². The number of amides is 1. The molecular formula is C23H23BrClN7O. The number of pyridine rings is 1. The van der Waals surface area contributed by atoms with Gasteiger partial charge in [-0.05, 0) is 52.5 Å². The van der Waals surface area contributed by atoms with Crippen molar-refractivity contribution in [2.45, 2.75) is 25.4 Å². The average Bonchev–Trinajstić information content (AvgIpc) is 3.42. The summed E-state index contributed by atoms with van der Waals surface area (Å²) in [6.45, 7) is 2.23. The number of nitrogens with one attached hydrogen (secondary N) is 2. The molecule has 5 rings (SSSR count). The van der Waals surface area contributed by atoms with E-state index in [1.807, 2.05) is 30.3 Å². The third kappa shape index (κ3) is 4.75. The molecule has 0 spiro atoms. The highest BCUT2D eigenvalue weighted by Crippen LogP contribution is 2.35. The number of benzene rings is 1. The number of carbonyl (C=O) groups excluding carboxylic acids is 1. The van der Waals surface area contributed by atoms with E-state index in [0.717, 1.165) is 47.2 Å². The molecule has 4 aromatic rings. The molecule has 0 unspecified atom stereocenters. The molecular weight excluding hydrogens is 506 g/mol. The van der Waals surface area contributed by atoms with Crippen LogP contribution in [0.3, 0.4) is 0 Å². The summed E-state index contributed by atoms with van der Waals surface area (Å²) in [5.41, 5.74) is 10.1. The minimum atomic E-state index is -0.234. The molecule has 4 N–H and O–H groups in total. The lowest BCUT2D eigenvalue weighted by Gasteiger charge is -2.33. The third-order valence-corrected chi connectivity index (χ3v) is 6.45. The highest BCUT2D eigenvalue weighted by molar-refractivity contribution is 9.10. The van der Waals surface area contributed by atoms with Gasteiger partial charge in [0.2, 0.25) is 0 Å². The van der Waals surface area contributed by atoms with E-state index in [0.29, 0.717) is 28.5 Å². The number of hydrogen-bond donors (Lipinski definition) is 3. The quantitative estimate of drug-likeness (QED) is 0.333. The summed E-state index contributed by atoms with van der Waals surface area (Å²) in [6, 6.07) is 9.66. The smallest absolute Gasteiger partial charge is 0.258 e. The molecule has 1 amide bonds. The second-order valence-corrected chi connectivity index (χ2v) is 9.49. The van der Waals surface area contributed by atoms with Gasteiger partial charge in [0.15, 0.2) is 0 Å². The number of H-pyrrole nitrogens is 1. The standard InChI is InChI=1S/C23H23BrClN7O/c24-20-8-19(31-7-1-2-17(26)13-31)21-18(10-27-22(21)30-20)29-23(33)15-9-28-32(12-15)11-14-3-5-16(25)6-4-14/h3-6,8-10,12,17H,1-2,7,11,13,26H2,(H,27,30)(H,29,33)/t17-/m1/s1. The summed E-state index contributed by atoms with van der Waals surface area (Å²) < 4.78 is 2.46. The molecule has 0 aliphatic carbocycles. The number of piperidine rings is 1. The minimum Gasteiger partial charge on any atom is -0.369 e. The van der Waals surface area contributed by atoms with Crippen LogP contribution in [0.2, 0.25) is 5.02 Å². The zero-order valence-corrected chi connectivity index (χ0v) is 20.1. The topological polar surface area (TPSA) is 105 Å². The molecule has 1 fully saturated rings. The molecule has 0 radical (unpaired) electrons. The van der Waals surface area contributed by atoms with Crippen molar-refractivity contribution in [1.29, 1.82) is 0 Å². The molecule has 1 saturated heterocycles. The van der Waals surface area contributed by atoms with Gasteiger partial charge in [0.1, 0.15) is 10.3 Å². The van der Waals surface area contributed by atoms with Gasteiger partial charge < -0.3 is 20.9 Å². The number of rotatable bonds is 5. The third-order valence-electron chi connectivity index (χ3n) is 5.79. The number of hydrogen-bond acceptors (Lipinski definition) is 5. The first-order chi connectivity index (χ1) is 16.0. The van der Waals surface area contributed by atoms with Crippen LogP contribution in [0.5, 0.6) is 0 Å². The van der Waals surface area contributed by atoms with Crippen molar-refractivity contribution in [3.8, 4) is 0 Å². The molecule has 1 aliphatic heterocycles. The minimum absolute atomic E-state index is 0.129. The number of fused-ring (bicyclic) bond motifs is 1. The Labute approximate surface area is 204 Å². The summed E-state index contributed by atoms with van der Waals surface area (Å²) >= 11 is 9.45. The maximum atomic E-state index is 13.0. The van der Waals surface area contributed by atoms with E-state index in [9.17, 15) is 4.79 Å². The van der Waals surface area contributed by atoms with Gasteiger partial charge in [-0.2, -0.15) is 5.10 Å². The SMILES string of the molecule is N[C@@H]1CCCN(c2cc(Br)nc3[nH]cc(NC(=O)c4cnn(Cc5ccc(Cl)cc5)c4)c23)C1. The highest BCUT2D eigenvalue weighted by Gasteiger charge is 2.23. The summed E-state index contributed by atoms with van der Waals surface area (Å²) in [6.07, 6.45) is 7.12.